The summed E-state index contributed by atoms with van der Waals surface area (Å²) >= 11 is 0. The molecule has 1 aliphatic rings. The summed E-state index contributed by atoms with van der Waals surface area (Å²) in [7, 11) is 0. The standard InChI is InChI=1S/C18H23N3O5/c1-12(18(25)26)19-17(24)13-6-8-14(9-7-13)20-15(22)11-21-10-4-2-3-5-16(21)23/h6-9,12H,2-5,10-11H2,1H3,(H,19,24)(H,20,22)(H,25,26). The Morgan fingerprint density at radius 1 is 1.15 bits per heavy atom. The van der Waals surface area contributed by atoms with Crippen molar-refractivity contribution in [1.82, 2.24) is 10.2 Å². The molecule has 0 aromatic heterocycles. The molecule has 8 heteroatoms. The molecule has 140 valence electrons. The van der Waals surface area contributed by atoms with Gasteiger partial charge < -0.3 is 20.6 Å². The van der Waals surface area contributed by atoms with E-state index in [1.165, 1.54) is 19.1 Å². The van der Waals surface area contributed by atoms with Gasteiger partial charge in [-0.25, -0.2) is 0 Å². The van der Waals surface area contributed by atoms with E-state index in [0.717, 1.165) is 19.3 Å². The van der Waals surface area contributed by atoms with Crippen molar-refractivity contribution in [3.05, 3.63) is 29.8 Å². The molecular weight excluding hydrogens is 338 g/mol. The fourth-order valence-corrected chi connectivity index (χ4v) is 2.63. The first-order chi connectivity index (χ1) is 12.4. The Hall–Kier alpha value is -2.90. The van der Waals surface area contributed by atoms with E-state index in [-0.39, 0.29) is 18.4 Å². The van der Waals surface area contributed by atoms with Crippen LogP contribution in [-0.4, -0.2) is 52.8 Å². The minimum atomic E-state index is -1.12. The predicted molar refractivity (Wildman–Crippen MR) is 94.7 cm³/mol. The fraction of sp³-hybridized carbons (Fsp3) is 0.444. The highest BCUT2D eigenvalue weighted by Gasteiger charge is 2.19. The molecule has 0 saturated carbocycles. The van der Waals surface area contributed by atoms with E-state index < -0.39 is 17.9 Å². The monoisotopic (exact) mass is 361 g/mol. The van der Waals surface area contributed by atoms with Gasteiger partial charge in [0.05, 0.1) is 6.54 Å². The van der Waals surface area contributed by atoms with Crippen LogP contribution < -0.4 is 10.6 Å². The van der Waals surface area contributed by atoms with Crippen LogP contribution in [0, 0.1) is 0 Å². The Morgan fingerprint density at radius 3 is 2.50 bits per heavy atom. The molecule has 0 bridgehead atoms. The molecule has 3 N–H and O–H groups in total. The van der Waals surface area contributed by atoms with Gasteiger partial charge in [-0.05, 0) is 44.0 Å². The van der Waals surface area contributed by atoms with Gasteiger partial charge in [0.1, 0.15) is 6.04 Å². The SMILES string of the molecule is CC(NC(=O)c1ccc(NC(=O)CN2CCCCCC2=O)cc1)C(=O)O. The first kappa shape index (κ1) is 19.4. The Balaban J connectivity index is 1.89. The van der Waals surface area contributed by atoms with Crippen molar-refractivity contribution in [3.63, 3.8) is 0 Å². The average Bonchev–Trinajstić information content (AvgIpc) is 2.80. The summed E-state index contributed by atoms with van der Waals surface area (Å²) in [4.78, 5) is 48.3. The first-order valence-electron chi connectivity index (χ1n) is 8.58. The number of hydrogen-bond donors (Lipinski definition) is 3. The number of likely N-dealkylation sites (tertiary alicyclic amines) is 1. The van der Waals surface area contributed by atoms with E-state index in [9.17, 15) is 19.2 Å². The van der Waals surface area contributed by atoms with E-state index in [4.69, 9.17) is 5.11 Å². The fourth-order valence-electron chi connectivity index (χ4n) is 2.63. The summed E-state index contributed by atoms with van der Waals surface area (Å²) in [6.07, 6.45) is 3.23. The second kappa shape index (κ2) is 8.98. The minimum absolute atomic E-state index is 0.00257. The summed E-state index contributed by atoms with van der Waals surface area (Å²) in [6.45, 7) is 1.98. The van der Waals surface area contributed by atoms with E-state index in [2.05, 4.69) is 10.6 Å². The zero-order chi connectivity index (χ0) is 19.1. The maximum absolute atomic E-state index is 12.1. The summed E-state index contributed by atoms with van der Waals surface area (Å²) in [5.74, 6) is -1.92. The molecule has 8 nitrogen and oxygen atoms in total. The average molecular weight is 361 g/mol. The zero-order valence-electron chi connectivity index (χ0n) is 14.7. The van der Waals surface area contributed by atoms with E-state index in [1.54, 1.807) is 17.0 Å². The molecule has 1 aliphatic heterocycles. The number of nitrogens with zero attached hydrogens (tertiary/aromatic N) is 1. The maximum Gasteiger partial charge on any atom is 0.325 e. The Kier molecular flexibility index (Phi) is 6.71. The zero-order valence-corrected chi connectivity index (χ0v) is 14.7. The van der Waals surface area contributed by atoms with Crippen LogP contribution in [0.5, 0.6) is 0 Å². The normalized spacial score (nSPS) is 15.7. The van der Waals surface area contributed by atoms with Crippen LogP contribution in [0.4, 0.5) is 5.69 Å². The number of carboxylic acid groups (broad SMARTS) is 1. The van der Waals surface area contributed by atoms with Gasteiger partial charge >= 0.3 is 5.97 Å². The van der Waals surface area contributed by atoms with Crippen molar-refractivity contribution >= 4 is 29.4 Å². The number of benzene rings is 1. The molecule has 1 aromatic rings. The Morgan fingerprint density at radius 2 is 1.85 bits per heavy atom. The highest BCUT2D eigenvalue weighted by Crippen LogP contribution is 2.13. The van der Waals surface area contributed by atoms with Gasteiger partial charge in [0.15, 0.2) is 0 Å². The van der Waals surface area contributed by atoms with Gasteiger partial charge in [-0.15, -0.1) is 0 Å². The van der Waals surface area contributed by atoms with Crippen molar-refractivity contribution in [2.75, 3.05) is 18.4 Å². The number of carbonyl (C=O) groups is 4. The maximum atomic E-state index is 12.1. The van der Waals surface area contributed by atoms with Gasteiger partial charge in [-0.1, -0.05) is 6.42 Å². The third-order valence-electron chi connectivity index (χ3n) is 4.15. The van der Waals surface area contributed by atoms with Gasteiger partial charge in [0.2, 0.25) is 11.8 Å². The largest absolute Gasteiger partial charge is 0.480 e. The Labute approximate surface area is 151 Å². The minimum Gasteiger partial charge on any atom is -0.480 e. The molecule has 2 rings (SSSR count). The number of carboxylic acids is 1. The number of hydrogen-bond acceptors (Lipinski definition) is 4. The number of carbonyl (C=O) groups excluding carboxylic acids is 3. The molecule has 1 heterocycles. The van der Waals surface area contributed by atoms with Crippen molar-refractivity contribution in [1.29, 1.82) is 0 Å². The third-order valence-corrected chi connectivity index (χ3v) is 4.15. The van der Waals surface area contributed by atoms with E-state index in [0.29, 0.717) is 24.2 Å². The quantitative estimate of drug-likeness (QED) is 0.705. The van der Waals surface area contributed by atoms with Crippen molar-refractivity contribution in [3.8, 4) is 0 Å². The first-order valence-corrected chi connectivity index (χ1v) is 8.58. The van der Waals surface area contributed by atoms with Crippen LogP contribution in [-0.2, 0) is 14.4 Å². The lowest BCUT2D eigenvalue weighted by molar-refractivity contribution is -0.138. The molecule has 1 fully saturated rings. The molecule has 1 unspecified atom stereocenters. The molecule has 1 atom stereocenters. The number of rotatable bonds is 6. The van der Waals surface area contributed by atoms with Crippen molar-refractivity contribution in [2.24, 2.45) is 0 Å². The number of nitrogens with one attached hydrogen (secondary N) is 2. The smallest absolute Gasteiger partial charge is 0.325 e. The van der Waals surface area contributed by atoms with Gasteiger partial charge in [0, 0.05) is 24.2 Å². The predicted octanol–water partition coefficient (Wildman–Crippen LogP) is 1.23. The lowest BCUT2D eigenvalue weighted by Gasteiger charge is -2.19. The summed E-state index contributed by atoms with van der Waals surface area (Å²) in [5, 5.41) is 13.8. The van der Waals surface area contributed by atoms with Crippen molar-refractivity contribution < 1.29 is 24.3 Å². The summed E-state index contributed by atoms with van der Waals surface area (Å²) in [6, 6.07) is 5.12. The van der Waals surface area contributed by atoms with E-state index >= 15 is 0 Å². The number of anilines is 1. The second-order valence-corrected chi connectivity index (χ2v) is 6.28. The topological polar surface area (TPSA) is 116 Å². The molecule has 0 aliphatic carbocycles. The second-order valence-electron chi connectivity index (χ2n) is 6.28. The van der Waals surface area contributed by atoms with Crippen LogP contribution in [0.15, 0.2) is 24.3 Å². The highest BCUT2D eigenvalue weighted by atomic mass is 16.4. The lowest BCUT2D eigenvalue weighted by Crippen LogP contribution is -2.38. The van der Waals surface area contributed by atoms with Crippen molar-refractivity contribution in [2.45, 2.75) is 38.6 Å². The van der Waals surface area contributed by atoms with Gasteiger partial charge in [-0.3, -0.25) is 19.2 Å². The summed E-state index contributed by atoms with van der Waals surface area (Å²) in [5.41, 5.74) is 0.791. The molecule has 0 radical (unpaired) electrons. The molecule has 0 spiro atoms. The highest BCUT2D eigenvalue weighted by molar-refractivity contribution is 5.98. The Bertz CT molecular complexity index is 687. The number of aliphatic carboxylic acids is 1. The van der Waals surface area contributed by atoms with Crippen LogP contribution in [0.2, 0.25) is 0 Å². The van der Waals surface area contributed by atoms with Crippen LogP contribution in [0.3, 0.4) is 0 Å². The van der Waals surface area contributed by atoms with Gasteiger partial charge in [0.25, 0.3) is 5.91 Å². The molecule has 1 aromatic carbocycles. The van der Waals surface area contributed by atoms with Crippen LogP contribution >= 0.6 is 0 Å². The molecule has 26 heavy (non-hydrogen) atoms. The molecular formula is C18H23N3O5. The van der Waals surface area contributed by atoms with Crippen LogP contribution in [0.25, 0.3) is 0 Å². The lowest BCUT2D eigenvalue weighted by atomic mass is 10.2. The van der Waals surface area contributed by atoms with Gasteiger partial charge in [-0.2, -0.15) is 0 Å². The number of amides is 3. The third kappa shape index (κ3) is 5.58. The molecule has 1 saturated heterocycles. The van der Waals surface area contributed by atoms with Crippen LogP contribution in [0.1, 0.15) is 43.0 Å². The molecule has 3 amide bonds. The van der Waals surface area contributed by atoms with E-state index in [1.807, 2.05) is 0 Å². The summed E-state index contributed by atoms with van der Waals surface area (Å²) < 4.78 is 0.